The average Bonchev–Trinajstić information content (AvgIpc) is 2.83. The minimum Gasteiger partial charge on any atom is -0.748 e. The van der Waals surface area contributed by atoms with Crippen LogP contribution in [0.15, 0.2) is 48.5 Å². The van der Waals surface area contributed by atoms with E-state index >= 15 is 0 Å². The van der Waals surface area contributed by atoms with Gasteiger partial charge >= 0.3 is 59.1 Å². The van der Waals surface area contributed by atoms with Crippen LogP contribution in [0.4, 0.5) is 11.4 Å². The number of methoxy groups -OCH3 is 2. The van der Waals surface area contributed by atoms with Crippen molar-refractivity contribution in [3.8, 4) is 11.5 Å². The zero-order valence-corrected chi connectivity index (χ0v) is 28.9. The van der Waals surface area contributed by atoms with Crippen LogP contribution in [0, 0.1) is 0 Å². The van der Waals surface area contributed by atoms with Crippen LogP contribution in [0.3, 0.4) is 0 Å². The molecule has 0 aliphatic heterocycles. The van der Waals surface area contributed by atoms with E-state index in [2.05, 4.69) is 0 Å². The molecule has 0 N–H and O–H groups in total. The van der Waals surface area contributed by atoms with Gasteiger partial charge in [0, 0.05) is 61.2 Å². The molecule has 2 aromatic rings. The summed E-state index contributed by atoms with van der Waals surface area (Å²) in [7, 11) is -5.06. The smallest absolute Gasteiger partial charge is 0.748 e. The summed E-state index contributed by atoms with van der Waals surface area (Å²) in [5.41, 5.74) is 1.92. The molecule has 38 heavy (non-hydrogen) atoms. The van der Waals surface area contributed by atoms with Crippen molar-refractivity contribution in [2.45, 2.75) is 26.7 Å². The Hall–Kier alpha value is -0.540. The minimum atomic E-state index is -4.12. The molecular weight excluding hydrogens is 554 g/mol. The first kappa shape index (κ1) is 39.6. The largest absolute Gasteiger partial charge is 1.00 e. The SMILES string of the molecule is CCN(CCCS(=O)(=O)[O-])c1cccc(OC)c1.CCN(CCCS(=O)(=O)[O-])c1cccc(OC)c1.[Na+].[Na+]. The minimum absolute atomic E-state index is 0. The summed E-state index contributed by atoms with van der Waals surface area (Å²) in [6.45, 7) is 6.50. The summed E-state index contributed by atoms with van der Waals surface area (Å²) < 4.78 is 73.5. The molecule has 2 rings (SSSR count). The first-order valence-corrected chi connectivity index (χ1v) is 14.7. The molecular formula is C24H36N2Na2O8S2. The molecule has 0 unspecified atom stereocenters. The number of anilines is 2. The van der Waals surface area contributed by atoms with Crippen molar-refractivity contribution >= 4 is 31.6 Å². The molecule has 0 heterocycles. The fourth-order valence-corrected chi connectivity index (χ4v) is 4.38. The molecule has 0 radical (unpaired) electrons. The molecule has 0 saturated heterocycles. The van der Waals surface area contributed by atoms with E-state index < -0.39 is 20.2 Å². The molecule has 0 aliphatic rings. The first-order chi connectivity index (χ1) is 16.9. The zero-order valence-electron chi connectivity index (χ0n) is 23.3. The molecule has 0 aromatic heterocycles. The van der Waals surface area contributed by atoms with Crippen LogP contribution >= 0.6 is 0 Å². The van der Waals surface area contributed by atoms with E-state index in [1.165, 1.54) is 0 Å². The molecule has 0 spiro atoms. The van der Waals surface area contributed by atoms with Gasteiger partial charge in [0.05, 0.1) is 34.5 Å². The third-order valence-corrected chi connectivity index (χ3v) is 6.82. The molecule has 2 aromatic carbocycles. The Morgan fingerprint density at radius 1 is 0.684 bits per heavy atom. The van der Waals surface area contributed by atoms with Gasteiger partial charge in [0.25, 0.3) is 0 Å². The fraction of sp³-hybridized carbons (Fsp3) is 0.500. The average molecular weight is 591 g/mol. The summed E-state index contributed by atoms with van der Waals surface area (Å²) in [6, 6.07) is 15.1. The third kappa shape index (κ3) is 17.2. The third-order valence-electron chi connectivity index (χ3n) is 5.25. The van der Waals surface area contributed by atoms with E-state index in [-0.39, 0.29) is 70.6 Å². The number of hydrogen-bond donors (Lipinski definition) is 0. The Labute approximate surface area is 272 Å². The second-order valence-electron chi connectivity index (χ2n) is 7.79. The fourth-order valence-electron chi connectivity index (χ4n) is 3.42. The van der Waals surface area contributed by atoms with E-state index in [0.717, 1.165) is 36.0 Å². The number of benzene rings is 2. The van der Waals surface area contributed by atoms with Gasteiger partial charge in [-0.25, -0.2) is 16.8 Å². The van der Waals surface area contributed by atoms with E-state index in [9.17, 15) is 25.9 Å². The van der Waals surface area contributed by atoms with Crippen molar-refractivity contribution in [3.63, 3.8) is 0 Å². The Morgan fingerprint density at radius 2 is 1.03 bits per heavy atom. The number of nitrogens with zero attached hydrogens (tertiary/aromatic N) is 2. The van der Waals surface area contributed by atoms with Crippen LogP contribution in [0.5, 0.6) is 11.5 Å². The summed E-state index contributed by atoms with van der Waals surface area (Å²) in [5, 5.41) is 0. The van der Waals surface area contributed by atoms with Crippen LogP contribution in [0.25, 0.3) is 0 Å². The maximum Gasteiger partial charge on any atom is 1.00 e. The van der Waals surface area contributed by atoms with Crippen molar-refractivity contribution in [2.75, 3.05) is 61.7 Å². The topological polar surface area (TPSA) is 139 Å². The van der Waals surface area contributed by atoms with Gasteiger partial charge in [-0.05, 0) is 51.0 Å². The molecule has 204 valence electrons. The molecule has 10 nitrogen and oxygen atoms in total. The van der Waals surface area contributed by atoms with Gasteiger partial charge in [0.15, 0.2) is 0 Å². The van der Waals surface area contributed by atoms with Crippen molar-refractivity contribution in [1.82, 2.24) is 0 Å². The predicted molar refractivity (Wildman–Crippen MR) is 140 cm³/mol. The quantitative estimate of drug-likeness (QED) is 0.164. The maximum absolute atomic E-state index is 10.5. The van der Waals surface area contributed by atoms with Gasteiger partial charge in [-0.15, -0.1) is 0 Å². The second kappa shape index (κ2) is 20.4. The van der Waals surface area contributed by atoms with E-state index in [4.69, 9.17) is 9.47 Å². The summed E-state index contributed by atoms with van der Waals surface area (Å²) in [5.74, 6) is 0.853. The van der Waals surface area contributed by atoms with Crippen LogP contribution in [-0.2, 0) is 20.2 Å². The van der Waals surface area contributed by atoms with Gasteiger partial charge in [0.2, 0.25) is 0 Å². The second-order valence-corrected chi connectivity index (χ2v) is 10.8. The maximum atomic E-state index is 10.5. The Bertz CT molecular complexity index is 1050. The standard InChI is InChI=1S/2C12H19NO4S.2Na/c2*1-3-13(8-5-9-18(14,15)16)11-6-4-7-12(10-11)17-2;;/h2*4,6-7,10H,3,5,8-9H2,1-2H3,(H,14,15,16);;/q;;2*+1/p-2. The molecule has 0 amide bonds. The van der Waals surface area contributed by atoms with Crippen LogP contribution < -0.4 is 78.4 Å². The van der Waals surface area contributed by atoms with Gasteiger partial charge in [-0.2, -0.15) is 0 Å². The van der Waals surface area contributed by atoms with E-state index in [1.54, 1.807) is 14.2 Å². The van der Waals surface area contributed by atoms with Crippen molar-refractivity contribution in [2.24, 2.45) is 0 Å². The molecule has 0 bridgehead atoms. The van der Waals surface area contributed by atoms with Crippen molar-refractivity contribution < 1.29 is 94.5 Å². The first-order valence-electron chi connectivity index (χ1n) is 11.6. The van der Waals surface area contributed by atoms with E-state index in [1.807, 2.05) is 72.2 Å². The zero-order chi connectivity index (χ0) is 27.2. The molecule has 0 saturated carbocycles. The van der Waals surface area contributed by atoms with Gasteiger partial charge in [-0.3, -0.25) is 0 Å². The number of ether oxygens (including phenoxy) is 2. The van der Waals surface area contributed by atoms with Gasteiger partial charge < -0.3 is 28.4 Å². The van der Waals surface area contributed by atoms with Crippen molar-refractivity contribution in [3.05, 3.63) is 48.5 Å². The Kier molecular flexibility index (Phi) is 21.2. The van der Waals surface area contributed by atoms with Crippen molar-refractivity contribution in [1.29, 1.82) is 0 Å². The Balaban J connectivity index is 0. The normalized spacial score (nSPS) is 10.7. The monoisotopic (exact) mass is 590 g/mol. The summed E-state index contributed by atoms with van der Waals surface area (Å²) in [4.78, 5) is 4.02. The van der Waals surface area contributed by atoms with Gasteiger partial charge in [0.1, 0.15) is 11.5 Å². The predicted octanol–water partition coefficient (Wildman–Crippen LogP) is -3.08. The molecule has 0 atom stereocenters. The van der Waals surface area contributed by atoms with Crippen LogP contribution in [0.1, 0.15) is 26.7 Å². The van der Waals surface area contributed by atoms with Crippen LogP contribution in [-0.4, -0.2) is 77.8 Å². The van der Waals surface area contributed by atoms with Crippen LogP contribution in [0.2, 0.25) is 0 Å². The van der Waals surface area contributed by atoms with Gasteiger partial charge in [-0.1, -0.05) is 12.1 Å². The molecule has 0 fully saturated rings. The Morgan fingerprint density at radius 3 is 1.29 bits per heavy atom. The molecule has 14 heteroatoms. The summed E-state index contributed by atoms with van der Waals surface area (Å²) in [6.07, 6.45) is 0.660. The molecule has 0 aliphatic carbocycles. The number of hydrogen-bond acceptors (Lipinski definition) is 10. The van der Waals surface area contributed by atoms with E-state index in [0.29, 0.717) is 25.9 Å². The number of rotatable bonds is 14. The summed E-state index contributed by atoms with van der Waals surface area (Å²) >= 11 is 0.